The van der Waals surface area contributed by atoms with Crippen LogP contribution in [0.2, 0.25) is 0 Å². The first-order chi connectivity index (χ1) is 10.5. The predicted octanol–water partition coefficient (Wildman–Crippen LogP) is 3.95. The molecule has 1 heterocycles. The molecular weight excluding hydrogens is 308 g/mol. The van der Waals surface area contributed by atoms with Gasteiger partial charge in [0, 0.05) is 0 Å². The molecule has 0 saturated carbocycles. The molecule has 3 nitrogen and oxygen atoms in total. The zero-order valence-electron chi connectivity index (χ0n) is 14.5. The molecular formula is C16H24BF3O3. The summed E-state index contributed by atoms with van der Waals surface area (Å²) >= 11 is 0. The Bertz CT molecular complexity index is 482. The first-order valence-electron chi connectivity index (χ1n) is 7.65. The fraction of sp³-hybridized carbons (Fsp3) is 0.625. The van der Waals surface area contributed by atoms with Crippen molar-refractivity contribution in [2.75, 3.05) is 6.61 Å². The van der Waals surface area contributed by atoms with Crippen LogP contribution in [0.4, 0.5) is 13.2 Å². The average molecular weight is 332 g/mol. The maximum Gasteiger partial charge on any atom is 0.494 e. The van der Waals surface area contributed by atoms with Crippen LogP contribution in [0.25, 0.3) is 0 Å². The van der Waals surface area contributed by atoms with Crippen molar-refractivity contribution in [1.29, 1.82) is 0 Å². The number of rotatable bonds is 3. The molecule has 0 spiro atoms. The minimum Gasteiger partial charge on any atom is -0.484 e. The van der Waals surface area contributed by atoms with Gasteiger partial charge >= 0.3 is 13.3 Å². The Morgan fingerprint density at radius 2 is 1.39 bits per heavy atom. The van der Waals surface area contributed by atoms with Crippen LogP contribution >= 0.6 is 0 Å². The molecule has 0 atom stereocenters. The fourth-order valence-corrected chi connectivity index (χ4v) is 1.87. The molecule has 0 unspecified atom stereocenters. The number of benzene rings is 1. The Hall–Kier alpha value is -1.21. The van der Waals surface area contributed by atoms with Gasteiger partial charge in [-0.15, -0.1) is 0 Å². The average Bonchev–Trinajstić information content (AvgIpc) is 2.67. The first kappa shape index (κ1) is 19.8. The largest absolute Gasteiger partial charge is 0.494 e. The second kappa shape index (κ2) is 7.13. The van der Waals surface area contributed by atoms with Crippen LogP contribution in [-0.2, 0) is 9.31 Å². The molecule has 2 rings (SSSR count). The van der Waals surface area contributed by atoms with Gasteiger partial charge in [-0.25, -0.2) is 0 Å². The molecule has 1 aromatic rings. The van der Waals surface area contributed by atoms with E-state index < -0.39 is 31.1 Å². The third kappa shape index (κ3) is 5.14. The van der Waals surface area contributed by atoms with Gasteiger partial charge in [-0.05, 0) is 45.3 Å². The van der Waals surface area contributed by atoms with Crippen molar-refractivity contribution in [1.82, 2.24) is 0 Å². The Labute approximate surface area is 136 Å². The molecule has 1 aliphatic heterocycles. The summed E-state index contributed by atoms with van der Waals surface area (Å²) in [5.41, 5.74) is -0.167. The summed E-state index contributed by atoms with van der Waals surface area (Å²) in [5.74, 6) is 0.160. The lowest BCUT2D eigenvalue weighted by atomic mass is 9.79. The summed E-state index contributed by atoms with van der Waals surface area (Å²) < 4.78 is 52.6. The van der Waals surface area contributed by atoms with Gasteiger partial charge in [-0.1, -0.05) is 26.0 Å². The summed E-state index contributed by atoms with van der Waals surface area (Å²) in [6.45, 7) is 10.5. The predicted molar refractivity (Wildman–Crippen MR) is 85.1 cm³/mol. The number of hydrogen-bond donors (Lipinski definition) is 0. The Morgan fingerprint density at radius 3 is 1.78 bits per heavy atom. The van der Waals surface area contributed by atoms with E-state index in [1.165, 1.54) is 12.1 Å². The van der Waals surface area contributed by atoms with Gasteiger partial charge in [0.1, 0.15) is 5.75 Å². The van der Waals surface area contributed by atoms with Crippen LogP contribution < -0.4 is 10.2 Å². The number of hydrogen-bond acceptors (Lipinski definition) is 3. The van der Waals surface area contributed by atoms with E-state index in [9.17, 15) is 13.2 Å². The van der Waals surface area contributed by atoms with E-state index in [0.717, 1.165) is 5.46 Å². The minimum atomic E-state index is -4.34. The minimum absolute atomic E-state index is 0.160. The highest BCUT2D eigenvalue weighted by molar-refractivity contribution is 6.62. The number of halogens is 3. The zero-order valence-corrected chi connectivity index (χ0v) is 14.5. The van der Waals surface area contributed by atoms with Crippen LogP contribution in [0, 0.1) is 0 Å². The van der Waals surface area contributed by atoms with Crippen LogP contribution in [0.1, 0.15) is 41.5 Å². The summed E-state index contributed by atoms with van der Waals surface area (Å²) in [4.78, 5) is 0. The van der Waals surface area contributed by atoms with Gasteiger partial charge in [-0.2, -0.15) is 13.2 Å². The molecule has 1 fully saturated rings. The van der Waals surface area contributed by atoms with Crippen LogP contribution in [0.3, 0.4) is 0 Å². The summed E-state index contributed by atoms with van der Waals surface area (Å²) in [6.07, 6.45) is -4.34. The number of alkyl halides is 3. The van der Waals surface area contributed by atoms with Gasteiger partial charge < -0.3 is 14.0 Å². The molecule has 0 bridgehead atoms. The van der Waals surface area contributed by atoms with E-state index in [1.54, 1.807) is 12.1 Å². The van der Waals surface area contributed by atoms with Crippen LogP contribution in [-0.4, -0.2) is 31.1 Å². The maximum atomic E-state index is 12.1. The quantitative estimate of drug-likeness (QED) is 0.785. The molecule has 1 aromatic carbocycles. The second-order valence-electron chi connectivity index (χ2n) is 6.06. The van der Waals surface area contributed by atoms with E-state index in [4.69, 9.17) is 9.31 Å². The molecule has 1 saturated heterocycles. The van der Waals surface area contributed by atoms with E-state index in [-0.39, 0.29) is 5.75 Å². The van der Waals surface area contributed by atoms with Crippen LogP contribution in [0.5, 0.6) is 5.75 Å². The molecule has 0 aliphatic carbocycles. The third-order valence-electron chi connectivity index (χ3n) is 3.81. The molecule has 130 valence electrons. The first-order valence-corrected chi connectivity index (χ1v) is 7.65. The van der Waals surface area contributed by atoms with Crippen molar-refractivity contribution < 1.29 is 27.2 Å². The number of ether oxygens (including phenoxy) is 1. The van der Waals surface area contributed by atoms with Crippen LogP contribution in [0.15, 0.2) is 24.3 Å². The van der Waals surface area contributed by atoms with Crippen molar-refractivity contribution in [3.8, 4) is 5.75 Å². The van der Waals surface area contributed by atoms with Crippen molar-refractivity contribution >= 4 is 12.6 Å². The fourth-order valence-electron chi connectivity index (χ4n) is 1.87. The topological polar surface area (TPSA) is 27.7 Å². The molecule has 7 heteroatoms. The van der Waals surface area contributed by atoms with Crippen molar-refractivity contribution in [3.63, 3.8) is 0 Å². The van der Waals surface area contributed by atoms with Gasteiger partial charge in [-0.3, -0.25) is 0 Å². The third-order valence-corrected chi connectivity index (χ3v) is 3.81. The highest BCUT2D eigenvalue weighted by atomic mass is 19.4. The van der Waals surface area contributed by atoms with Crippen molar-refractivity contribution in [2.45, 2.75) is 58.9 Å². The van der Waals surface area contributed by atoms with E-state index in [0.29, 0.717) is 0 Å². The van der Waals surface area contributed by atoms with E-state index in [2.05, 4.69) is 4.74 Å². The molecule has 0 amide bonds. The lowest BCUT2D eigenvalue weighted by molar-refractivity contribution is -0.153. The lowest BCUT2D eigenvalue weighted by Crippen LogP contribution is -2.41. The summed E-state index contributed by atoms with van der Waals surface area (Å²) in [7, 11) is -0.535. The second-order valence-corrected chi connectivity index (χ2v) is 6.06. The molecule has 0 radical (unpaired) electrons. The van der Waals surface area contributed by atoms with Gasteiger partial charge in [0.15, 0.2) is 6.61 Å². The summed E-state index contributed by atoms with van der Waals surface area (Å²) in [5, 5.41) is 0. The van der Waals surface area contributed by atoms with Crippen molar-refractivity contribution in [2.24, 2.45) is 0 Å². The van der Waals surface area contributed by atoms with Gasteiger partial charge in [0.25, 0.3) is 0 Å². The van der Waals surface area contributed by atoms with E-state index >= 15 is 0 Å². The van der Waals surface area contributed by atoms with Gasteiger partial charge in [0.2, 0.25) is 0 Å². The molecule has 1 aliphatic rings. The SMILES string of the molecule is CC.CC1(C)OB(c2ccc(OCC(F)(F)F)cc2)OC1(C)C. The highest BCUT2D eigenvalue weighted by Gasteiger charge is 2.51. The molecule has 0 N–H and O–H groups in total. The lowest BCUT2D eigenvalue weighted by Gasteiger charge is -2.32. The Morgan fingerprint density at radius 1 is 0.957 bits per heavy atom. The van der Waals surface area contributed by atoms with E-state index in [1.807, 2.05) is 41.5 Å². The molecule has 23 heavy (non-hydrogen) atoms. The zero-order chi connectivity index (χ0) is 17.9. The normalized spacial score (nSPS) is 19.1. The van der Waals surface area contributed by atoms with Gasteiger partial charge in [0.05, 0.1) is 11.2 Å². The monoisotopic (exact) mass is 332 g/mol. The highest BCUT2D eigenvalue weighted by Crippen LogP contribution is 2.36. The standard InChI is InChI=1S/C14H18BF3O3.C2H6/c1-12(2)13(3,4)21-15(20-12)10-5-7-11(8-6-10)19-9-14(16,17)18;1-2/h5-8H,9H2,1-4H3;1-2H3. The Kier molecular flexibility index (Phi) is 6.15. The Balaban J connectivity index is 0.00000127. The maximum absolute atomic E-state index is 12.1. The summed E-state index contributed by atoms with van der Waals surface area (Å²) in [6, 6.07) is 6.25. The van der Waals surface area contributed by atoms with Crippen molar-refractivity contribution in [3.05, 3.63) is 24.3 Å². The smallest absolute Gasteiger partial charge is 0.484 e. The molecule has 0 aromatic heterocycles.